The van der Waals surface area contributed by atoms with Gasteiger partial charge in [-0.05, 0) is 43.2 Å². The number of carbonyl (C=O) groups excluding carboxylic acids is 2. The van der Waals surface area contributed by atoms with Gasteiger partial charge < -0.3 is 14.8 Å². The molecule has 0 aliphatic carbocycles. The third-order valence-corrected chi connectivity index (χ3v) is 3.69. The maximum atomic E-state index is 12.0. The Labute approximate surface area is 151 Å². The van der Waals surface area contributed by atoms with Crippen LogP contribution in [-0.4, -0.2) is 24.6 Å². The molecule has 0 bridgehead atoms. The monoisotopic (exact) mass is 361 g/mol. The van der Waals surface area contributed by atoms with Gasteiger partial charge in [-0.25, -0.2) is 4.79 Å². The van der Waals surface area contributed by atoms with Gasteiger partial charge in [0.05, 0.1) is 0 Å². The normalized spacial score (nSPS) is 11.5. The molecule has 0 aliphatic rings. The van der Waals surface area contributed by atoms with E-state index in [4.69, 9.17) is 21.1 Å². The van der Waals surface area contributed by atoms with E-state index in [0.717, 1.165) is 11.1 Å². The fraction of sp³-hybridized carbons (Fsp3) is 0.263. The predicted molar refractivity (Wildman–Crippen MR) is 95.5 cm³/mol. The first-order valence-corrected chi connectivity index (χ1v) is 8.23. The fourth-order valence-corrected chi connectivity index (χ4v) is 2.31. The van der Waals surface area contributed by atoms with Gasteiger partial charge in [-0.2, -0.15) is 0 Å². The Kier molecular flexibility index (Phi) is 6.83. The Balaban J connectivity index is 1.76. The number of esters is 1. The predicted octanol–water partition coefficient (Wildman–Crippen LogP) is 3.28. The summed E-state index contributed by atoms with van der Waals surface area (Å²) < 4.78 is 10.5. The number of rotatable bonds is 7. The zero-order valence-electron chi connectivity index (χ0n) is 14.1. The average molecular weight is 362 g/mol. The van der Waals surface area contributed by atoms with Crippen molar-refractivity contribution in [3.63, 3.8) is 0 Å². The van der Waals surface area contributed by atoms with Gasteiger partial charge in [0.1, 0.15) is 5.75 Å². The number of amides is 1. The molecule has 0 radical (unpaired) electrons. The molecule has 5 nitrogen and oxygen atoms in total. The van der Waals surface area contributed by atoms with E-state index in [1.54, 1.807) is 25.1 Å². The van der Waals surface area contributed by atoms with Gasteiger partial charge in [-0.3, -0.25) is 4.79 Å². The summed E-state index contributed by atoms with van der Waals surface area (Å²) in [5, 5.41) is 3.28. The third kappa shape index (κ3) is 6.12. The van der Waals surface area contributed by atoms with E-state index in [2.05, 4.69) is 5.32 Å². The zero-order chi connectivity index (χ0) is 18.2. The minimum atomic E-state index is -0.832. The van der Waals surface area contributed by atoms with Crippen molar-refractivity contribution in [3.05, 3.63) is 64.7 Å². The number of hydrogen-bond donors (Lipinski definition) is 1. The Morgan fingerprint density at radius 1 is 1.16 bits per heavy atom. The fourth-order valence-electron chi connectivity index (χ4n) is 2.09. The molecule has 0 aliphatic heterocycles. The topological polar surface area (TPSA) is 64.6 Å². The first kappa shape index (κ1) is 18.8. The summed E-state index contributed by atoms with van der Waals surface area (Å²) >= 11 is 5.88. The maximum absolute atomic E-state index is 12.0. The van der Waals surface area contributed by atoms with Gasteiger partial charge in [0.25, 0.3) is 5.91 Å². The smallest absolute Gasteiger partial charge is 0.347 e. The van der Waals surface area contributed by atoms with E-state index in [1.165, 1.54) is 0 Å². The molecule has 0 saturated carbocycles. The Bertz CT molecular complexity index is 733. The van der Waals surface area contributed by atoms with Crippen LogP contribution in [0.5, 0.6) is 5.75 Å². The SMILES string of the molecule is Cc1cc(Cl)ccc1OC(C)C(=O)OCC(=O)NCc1ccccc1. The van der Waals surface area contributed by atoms with Gasteiger partial charge >= 0.3 is 5.97 Å². The van der Waals surface area contributed by atoms with Crippen LogP contribution in [0.15, 0.2) is 48.5 Å². The molecule has 2 rings (SSSR count). The summed E-state index contributed by atoms with van der Waals surface area (Å²) in [6.45, 7) is 3.43. The zero-order valence-corrected chi connectivity index (χ0v) is 14.9. The van der Waals surface area contributed by atoms with Gasteiger partial charge in [-0.15, -0.1) is 0 Å². The highest BCUT2D eigenvalue weighted by Crippen LogP contribution is 2.22. The highest BCUT2D eigenvalue weighted by molar-refractivity contribution is 6.30. The number of hydrogen-bond acceptors (Lipinski definition) is 4. The molecule has 2 aromatic carbocycles. The number of benzene rings is 2. The van der Waals surface area contributed by atoms with Crippen LogP contribution in [0.4, 0.5) is 0 Å². The van der Waals surface area contributed by atoms with Crippen molar-refractivity contribution in [3.8, 4) is 5.75 Å². The standard InChI is InChI=1S/C19H20ClNO4/c1-13-10-16(20)8-9-17(13)25-14(2)19(23)24-12-18(22)21-11-15-6-4-3-5-7-15/h3-10,14H,11-12H2,1-2H3,(H,21,22). The van der Waals surface area contributed by atoms with Gasteiger partial charge in [0, 0.05) is 11.6 Å². The van der Waals surface area contributed by atoms with Gasteiger partial charge in [0.2, 0.25) is 0 Å². The van der Waals surface area contributed by atoms with Crippen LogP contribution in [0, 0.1) is 6.92 Å². The highest BCUT2D eigenvalue weighted by atomic mass is 35.5. The molecule has 1 N–H and O–H groups in total. The molecule has 1 amide bonds. The lowest BCUT2D eigenvalue weighted by Gasteiger charge is -2.15. The summed E-state index contributed by atoms with van der Waals surface area (Å²) in [7, 11) is 0. The van der Waals surface area contributed by atoms with Crippen molar-refractivity contribution in [1.29, 1.82) is 0 Å². The van der Waals surface area contributed by atoms with Gasteiger partial charge in [-0.1, -0.05) is 41.9 Å². The van der Waals surface area contributed by atoms with Crippen LogP contribution in [-0.2, 0) is 20.9 Å². The molecule has 0 saturated heterocycles. The molecule has 1 atom stereocenters. The summed E-state index contributed by atoms with van der Waals surface area (Å²) in [4.78, 5) is 23.7. The van der Waals surface area contributed by atoms with E-state index >= 15 is 0 Å². The molecule has 0 aromatic heterocycles. The third-order valence-electron chi connectivity index (χ3n) is 3.45. The molecule has 6 heteroatoms. The Morgan fingerprint density at radius 2 is 1.88 bits per heavy atom. The first-order valence-electron chi connectivity index (χ1n) is 7.86. The number of aryl methyl sites for hydroxylation is 1. The molecule has 2 aromatic rings. The van der Waals surface area contributed by atoms with Crippen LogP contribution >= 0.6 is 11.6 Å². The minimum absolute atomic E-state index is 0.348. The largest absolute Gasteiger partial charge is 0.479 e. The molecule has 1 unspecified atom stereocenters. The van der Waals surface area contributed by atoms with E-state index in [0.29, 0.717) is 17.3 Å². The van der Waals surface area contributed by atoms with E-state index in [1.807, 2.05) is 37.3 Å². The summed E-state index contributed by atoms with van der Waals surface area (Å²) in [6.07, 6.45) is -0.832. The second kappa shape index (κ2) is 9.08. The number of carbonyl (C=O) groups is 2. The van der Waals surface area contributed by atoms with E-state index in [9.17, 15) is 9.59 Å². The molecule has 132 valence electrons. The molecule has 0 spiro atoms. The Morgan fingerprint density at radius 3 is 2.56 bits per heavy atom. The summed E-state index contributed by atoms with van der Waals surface area (Å²) in [5.41, 5.74) is 1.78. The highest BCUT2D eigenvalue weighted by Gasteiger charge is 2.18. The number of ether oxygens (including phenoxy) is 2. The van der Waals surface area contributed by atoms with Crippen molar-refractivity contribution in [2.45, 2.75) is 26.5 Å². The molecular weight excluding hydrogens is 342 g/mol. The van der Waals surface area contributed by atoms with Crippen LogP contribution in [0.1, 0.15) is 18.1 Å². The molecular formula is C19H20ClNO4. The second-order valence-corrected chi connectivity index (χ2v) is 5.98. The summed E-state index contributed by atoms with van der Waals surface area (Å²) in [6, 6.07) is 14.6. The van der Waals surface area contributed by atoms with E-state index < -0.39 is 12.1 Å². The van der Waals surface area contributed by atoms with Crippen LogP contribution < -0.4 is 10.1 Å². The molecule has 0 heterocycles. The van der Waals surface area contributed by atoms with Crippen molar-refractivity contribution in [2.75, 3.05) is 6.61 Å². The summed E-state index contributed by atoms with van der Waals surface area (Å²) in [5.74, 6) is -0.432. The number of nitrogens with one attached hydrogen (secondary N) is 1. The lowest BCUT2D eigenvalue weighted by atomic mass is 10.2. The van der Waals surface area contributed by atoms with Crippen molar-refractivity contribution in [2.24, 2.45) is 0 Å². The van der Waals surface area contributed by atoms with Crippen molar-refractivity contribution in [1.82, 2.24) is 5.32 Å². The molecule has 0 fully saturated rings. The number of halogens is 1. The van der Waals surface area contributed by atoms with Crippen molar-refractivity contribution >= 4 is 23.5 Å². The first-order chi connectivity index (χ1) is 12.0. The Hall–Kier alpha value is -2.53. The minimum Gasteiger partial charge on any atom is -0.479 e. The lowest BCUT2D eigenvalue weighted by molar-refractivity contribution is -0.154. The van der Waals surface area contributed by atoms with Crippen LogP contribution in [0.25, 0.3) is 0 Å². The quantitative estimate of drug-likeness (QED) is 0.769. The van der Waals surface area contributed by atoms with E-state index in [-0.39, 0.29) is 12.5 Å². The lowest BCUT2D eigenvalue weighted by Crippen LogP contribution is -2.32. The van der Waals surface area contributed by atoms with Gasteiger partial charge in [0.15, 0.2) is 12.7 Å². The average Bonchev–Trinajstić information content (AvgIpc) is 2.61. The van der Waals surface area contributed by atoms with Crippen LogP contribution in [0.2, 0.25) is 5.02 Å². The second-order valence-electron chi connectivity index (χ2n) is 5.54. The van der Waals surface area contributed by atoms with Crippen molar-refractivity contribution < 1.29 is 19.1 Å². The molecule has 25 heavy (non-hydrogen) atoms. The maximum Gasteiger partial charge on any atom is 0.347 e. The van der Waals surface area contributed by atoms with Crippen LogP contribution in [0.3, 0.4) is 0 Å².